The summed E-state index contributed by atoms with van der Waals surface area (Å²) < 4.78 is 5.64. The molecule has 1 heterocycles. The standard InChI is InChI=1S/C12H26N4O/c1-3-5-7-14-12(16-13)15-9-10-6-8-17-11(10)4-2/h10-11H,3-9,13H2,1-2H3,(H2,14,15,16). The van der Waals surface area contributed by atoms with E-state index in [1.54, 1.807) is 0 Å². The Kier molecular flexibility index (Phi) is 6.96. The topological polar surface area (TPSA) is 71.7 Å². The number of hydrazine groups is 1. The van der Waals surface area contributed by atoms with E-state index in [2.05, 4.69) is 29.6 Å². The van der Waals surface area contributed by atoms with Gasteiger partial charge in [-0.3, -0.25) is 10.4 Å². The summed E-state index contributed by atoms with van der Waals surface area (Å²) in [7, 11) is 0. The molecule has 0 amide bonds. The van der Waals surface area contributed by atoms with Crippen molar-refractivity contribution >= 4 is 5.96 Å². The van der Waals surface area contributed by atoms with E-state index in [4.69, 9.17) is 10.6 Å². The molecule has 5 nitrogen and oxygen atoms in total. The number of unbranched alkanes of at least 4 members (excludes halogenated alkanes) is 1. The zero-order chi connectivity index (χ0) is 12.5. The maximum absolute atomic E-state index is 5.64. The highest BCUT2D eigenvalue weighted by molar-refractivity contribution is 5.79. The summed E-state index contributed by atoms with van der Waals surface area (Å²) >= 11 is 0. The van der Waals surface area contributed by atoms with E-state index >= 15 is 0 Å². The third-order valence-corrected chi connectivity index (χ3v) is 3.19. The van der Waals surface area contributed by atoms with E-state index < -0.39 is 0 Å². The lowest BCUT2D eigenvalue weighted by molar-refractivity contribution is 0.0892. The quantitative estimate of drug-likeness (QED) is 0.214. The molecule has 0 saturated carbocycles. The van der Waals surface area contributed by atoms with Crippen LogP contribution < -0.4 is 16.6 Å². The predicted molar refractivity (Wildman–Crippen MR) is 70.7 cm³/mol. The number of hydrogen-bond acceptors (Lipinski definition) is 3. The number of guanidine groups is 1. The fourth-order valence-electron chi connectivity index (χ4n) is 2.10. The Bertz CT molecular complexity index is 233. The molecule has 0 aromatic rings. The average Bonchev–Trinajstić information content (AvgIpc) is 2.81. The minimum Gasteiger partial charge on any atom is -0.378 e. The van der Waals surface area contributed by atoms with E-state index in [0.717, 1.165) is 39.0 Å². The zero-order valence-corrected chi connectivity index (χ0v) is 11.0. The summed E-state index contributed by atoms with van der Waals surface area (Å²) in [6, 6.07) is 0. The molecule has 1 fully saturated rings. The SMILES string of the molecule is CCCCNC(=NCC1CCOC1CC)NN. The van der Waals surface area contributed by atoms with Gasteiger partial charge >= 0.3 is 0 Å². The van der Waals surface area contributed by atoms with E-state index in [9.17, 15) is 0 Å². The van der Waals surface area contributed by atoms with Crippen molar-refractivity contribution in [2.45, 2.75) is 45.6 Å². The van der Waals surface area contributed by atoms with Gasteiger partial charge in [0.15, 0.2) is 0 Å². The normalized spacial score (nSPS) is 25.0. The molecule has 2 unspecified atom stereocenters. The minimum atomic E-state index is 0.369. The summed E-state index contributed by atoms with van der Waals surface area (Å²) in [5, 5.41) is 3.20. The van der Waals surface area contributed by atoms with Gasteiger partial charge in [0.25, 0.3) is 0 Å². The number of aliphatic imine (C=N–C) groups is 1. The van der Waals surface area contributed by atoms with Gasteiger partial charge in [0.2, 0.25) is 5.96 Å². The highest BCUT2D eigenvalue weighted by Gasteiger charge is 2.26. The van der Waals surface area contributed by atoms with Crippen LogP contribution in [0, 0.1) is 5.92 Å². The molecular formula is C12H26N4O. The van der Waals surface area contributed by atoms with Crippen molar-refractivity contribution in [1.82, 2.24) is 10.7 Å². The molecule has 0 spiro atoms. The molecule has 0 radical (unpaired) electrons. The van der Waals surface area contributed by atoms with Crippen LogP contribution in [0.4, 0.5) is 0 Å². The van der Waals surface area contributed by atoms with Crippen LogP contribution in [0.25, 0.3) is 0 Å². The lowest BCUT2D eigenvalue weighted by Gasteiger charge is -2.15. The number of nitrogens with two attached hydrogens (primary N) is 1. The number of hydrogen-bond donors (Lipinski definition) is 3. The molecule has 1 aliphatic rings. The molecule has 4 N–H and O–H groups in total. The average molecular weight is 242 g/mol. The Labute approximate surface area is 104 Å². The van der Waals surface area contributed by atoms with E-state index in [-0.39, 0.29) is 0 Å². The molecule has 0 aromatic heterocycles. The molecular weight excluding hydrogens is 216 g/mol. The Balaban J connectivity index is 2.32. The van der Waals surface area contributed by atoms with Crippen LogP contribution in [-0.2, 0) is 4.74 Å². The molecule has 1 aliphatic heterocycles. The van der Waals surface area contributed by atoms with E-state index in [0.29, 0.717) is 18.0 Å². The van der Waals surface area contributed by atoms with Crippen molar-refractivity contribution in [3.05, 3.63) is 0 Å². The zero-order valence-electron chi connectivity index (χ0n) is 11.0. The molecule has 0 bridgehead atoms. The maximum Gasteiger partial charge on any atom is 0.205 e. The molecule has 1 saturated heterocycles. The van der Waals surface area contributed by atoms with Crippen LogP contribution in [0.2, 0.25) is 0 Å². The first kappa shape index (κ1) is 14.3. The fourth-order valence-corrected chi connectivity index (χ4v) is 2.10. The Morgan fingerprint density at radius 3 is 2.94 bits per heavy atom. The number of nitrogens with one attached hydrogen (secondary N) is 2. The van der Waals surface area contributed by atoms with Crippen LogP contribution in [-0.4, -0.2) is 31.8 Å². The molecule has 1 rings (SSSR count). The van der Waals surface area contributed by atoms with Gasteiger partial charge in [0.1, 0.15) is 0 Å². The first-order valence-electron chi connectivity index (χ1n) is 6.68. The summed E-state index contributed by atoms with van der Waals surface area (Å²) in [6.07, 6.45) is 4.83. The molecule has 2 atom stereocenters. The van der Waals surface area contributed by atoms with Gasteiger partial charge in [-0.25, -0.2) is 5.84 Å². The molecule has 100 valence electrons. The second-order valence-corrected chi connectivity index (χ2v) is 4.48. The van der Waals surface area contributed by atoms with E-state index in [1.165, 1.54) is 6.42 Å². The minimum absolute atomic E-state index is 0.369. The number of rotatable bonds is 6. The summed E-state index contributed by atoms with van der Waals surface area (Å²) in [4.78, 5) is 4.48. The first-order valence-corrected chi connectivity index (χ1v) is 6.68. The Hall–Kier alpha value is -0.810. The lowest BCUT2D eigenvalue weighted by atomic mass is 10.0. The third-order valence-electron chi connectivity index (χ3n) is 3.19. The molecule has 0 aromatic carbocycles. The van der Waals surface area contributed by atoms with Crippen LogP contribution >= 0.6 is 0 Å². The largest absolute Gasteiger partial charge is 0.378 e. The number of ether oxygens (including phenoxy) is 1. The van der Waals surface area contributed by atoms with Crippen molar-refractivity contribution in [3.63, 3.8) is 0 Å². The Morgan fingerprint density at radius 1 is 1.47 bits per heavy atom. The molecule has 5 heteroatoms. The lowest BCUT2D eigenvalue weighted by Crippen LogP contribution is -2.42. The summed E-state index contributed by atoms with van der Waals surface area (Å²) in [5.74, 6) is 6.67. The first-order chi connectivity index (χ1) is 8.31. The van der Waals surface area contributed by atoms with Crippen molar-refractivity contribution in [1.29, 1.82) is 0 Å². The van der Waals surface area contributed by atoms with Gasteiger partial charge in [-0.2, -0.15) is 0 Å². The molecule has 0 aliphatic carbocycles. The van der Waals surface area contributed by atoms with Crippen molar-refractivity contribution in [2.24, 2.45) is 16.8 Å². The maximum atomic E-state index is 5.64. The van der Waals surface area contributed by atoms with Gasteiger partial charge in [-0.1, -0.05) is 20.3 Å². The van der Waals surface area contributed by atoms with Gasteiger partial charge in [-0.05, 0) is 19.3 Å². The van der Waals surface area contributed by atoms with Gasteiger partial charge in [-0.15, -0.1) is 0 Å². The van der Waals surface area contributed by atoms with Gasteiger partial charge < -0.3 is 10.1 Å². The highest BCUT2D eigenvalue weighted by atomic mass is 16.5. The Morgan fingerprint density at radius 2 is 2.29 bits per heavy atom. The predicted octanol–water partition coefficient (Wildman–Crippen LogP) is 1.01. The smallest absolute Gasteiger partial charge is 0.205 e. The second-order valence-electron chi connectivity index (χ2n) is 4.48. The highest BCUT2D eigenvalue weighted by Crippen LogP contribution is 2.23. The van der Waals surface area contributed by atoms with Crippen LogP contribution in [0.5, 0.6) is 0 Å². The van der Waals surface area contributed by atoms with Crippen LogP contribution in [0.15, 0.2) is 4.99 Å². The van der Waals surface area contributed by atoms with Gasteiger partial charge in [0, 0.05) is 25.6 Å². The van der Waals surface area contributed by atoms with Crippen LogP contribution in [0.1, 0.15) is 39.5 Å². The summed E-state index contributed by atoms with van der Waals surface area (Å²) in [5.41, 5.74) is 2.62. The fraction of sp³-hybridized carbons (Fsp3) is 0.917. The third kappa shape index (κ3) is 4.91. The van der Waals surface area contributed by atoms with Crippen molar-refractivity contribution < 1.29 is 4.74 Å². The van der Waals surface area contributed by atoms with Crippen LogP contribution in [0.3, 0.4) is 0 Å². The van der Waals surface area contributed by atoms with Crippen molar-refractivity contribution in [3.8, 4) is 0 Å². The second kappa shape index (κ2) is 8.31. The molecule has 17 heavy (non-hydrogen) atoms. The van der Waals surface area contributed by atoms with Gasteiger partial charge in [0.05, 0.1) is 6.10 Å². The summed E-state index contributed by atoms with van der Waals surface area (Å²) in [6.45, 7) is 6.90. The van der Waals surface area contributed by atoms with E-state index in [1.807, 2.05) is 0 Å². The number of nitrogens with zero attached hydrogens (tertiary/aromatic N) is 1. The monoisotopic (exact) mass is 242 g/mol. The van der Waals surface area contributed by atoms with Crippen molar-refractivity contribution in [2.75, 3.05) is 19.7 Å².